The monoisotopic (exact) mass is 317 g/mol. The van der Waals surface area contributed by atoms with Gasteiger partial charge in [-0.1, -0.05) is 18.2 Å². The van der Waals surface area contributed by atoms with Crippen LogP contribution in [0.5, 0.6) is 11.5 Å². The Labute approximate surface area is 136 Å². The molecule has 1 atom stereocenters. The number of pyridine rings is 1. The second kappa shape index (κ2) is 6.87. The van der Waals surface area contributed by atoms with Crippen molar-refractivity contribution in [1.82, 2.24) is 4.57 Å². The number of ether oxygens (including phenoxy) is 3. The van der Waals surface area contributed by atoms with Crippen molar-refractivity contribution in [2.75, 3.05) is 21.3 Å². The zero-order valence-corrected chi connectivity index (χ0v) is 14.3. The fourth-order valence-electron chi connectivity index (χ4n) is 2.84. The molecule has 0 aliphatic rings. The van der Waals surface area contributed by atoms with Crippen LogP contribution in [0.4, 0.5) is 0 Å². The molecule has 0 fully saturated rings. The van der Waals surface area contributed by atoms with Gasteiger partial charge in [0.25, 0.3) is 5.56 Å². The molecule has 5 nitrogen and oxygen atoms in total. The maximum Gasteiger partial charge on any atom is 0.257 e. The summed E-state index contributed by atoms with van der Waals surface area (Å²) in [6.45, 7) is 5.81. The van der Waals surface area contributed by atoms with Gasteiger partial charge in [-0.3, -0.25) is 4.79 Å². The number of nitrogens with zero attached hydrogens (tertiary/aromatic N) is 1. The Bertz CT molecular complexity index is 792. The van der Waals surface area contributed by atoms with Gasteiger partial charge >= 0.3 is 0 Å². The summed E-state index contributed by atoms with van der Waals surface area (Å²) in [6.07, 6.45) is 0.175. The lowest BCUT2D eigenvalue weighted by atomic mass is 10.0. The number of hydrogen-bond acceptors (Lipinski definition) is 4. The van der Waals surface area contributed by atoms with Crippen LogP contribution in [-0.4, -0.2) is 32.0 Å². The molecule has 0 N–H and O–H groups in total. The molecule has 2 aromatic rings. The van der Waals surface area contributed by atoms with Crippen molar-refractivity contribution in [3.05, 3.63) is 46.3 Å². The van der Waals surface area contributed by atoms with E-state index < -0.39 is 0 Å². The van der Waals surface area contributed by atoms with Crippen molar-refractivity contribution in [1.29, 1.82) is 0 Å². The first kappa shape index (κ1) is 17.1. The molecule has 0 spiro atoms. The van der Waals surface area contributed by atoms with E-state index in [-0.39, 0.29) is 11.7 Å². The van der Waals surface area contributed by atoms with E-state index in [0.717, 1.165) is 11.0 Å². The smallest absolute Gasteiger partial charge is 0.257 e. The Morgan fingerprint density at radius 3 is 2.48 bits per heavy atom. The molecular weight excluding hydrogens is 294 g/mol. The van der Waals surface area contributed by atoms with Crippen molar-refractivity contribution in [3.8, 4) is 11.5 Å². The maximum absolute atomic E-state index is 12.8. The zero-order valence-electron chi connectivity index (χ0n) is 14.3. The summed E-state index contributed by atoms with van der Waals surface area (Å²) in [6, 6.07) is 5.62. The van der Waals surface area contributed by atoms with Crippen LogP contribution >= 0.6 is 0 Å². The Morgan fingerprint density at radius 2 is 1.96 bits per heavy atom. The van der Waals surface area contributed by atoms with E-state index in [0.29, 0.717) is 29.0 Å². The lowest BCUT2D eigenvalue weighted by Crippen LogP contribution is -2.27. The molecular formula is C18H23NO4. The zero-order chi connectivity index (χ0) is 17.1. The normalized spacial score (nSPS) is 12.2. The molecule has 0 unspecified atom stereocenters. The summed E-state index contributed by atoms with van der Waals surface area (Å²) in [4.78, 5) is 12.8. The molecule has 0 saturated heterocycles. The summed E-state index contributed by atoms with van der Waals surface area (Å²) < 4.78 is 18.0. The number of aryl methyl sites for hydroxylation is 1. The van der Waals surface area contributed by atoms with Crippen LogP contribution in [0.3, 0.4) is 0 Å². The van der Waals surface area contributed by atoms with E-state index in [1.165, 1.54) is 0 Å². The van der Waals surface area contributed by atoms with Gasteiger partial charge < -0.3 is 18.8 Å². The molecule has 0 aliphatic carbocycles. The quantitative estimate of drug-likeness (QED) is 0.769. The lowest BCUT2D eigenvalue weighted by Gasteiger charge is -2.20. The third-order valence-electron chi connectivity index (χ3n) is 4.06. The van der Waals surface area contributed by atoms with Gasteiger partial charge in [0.1, 0.15) is 11.5 Å². The Balaban J connectivity index is 2.78. The second-order valence-corrected chi connectivity index (χ2v) is 5.51. The van der Waals surface area contributed by atoms with Crippen molar-refractivity contribution in [2.24, 2.45) is 7.05 Å². The van der Waals surface area contributed by atoms with Gasteiger partial charge in [0, 0.05) is 26.0 Å². The van der Waals surface area contributed by atoms with Gasteiger partial charge in [0.15, 0.2) is 0 Å². The Kier molecular flexibility index (Phi) is 5.11. The molecule has 0 aliphatic heterocycles. The number of para-hydroxylation sites is 1. The average Bonchev–Trinajstić information content (AvgIpc) is 2.55. The van der Waals surface area contributed by atoms with Crippen molar-refractivity contribution >= 4 is 10.9 Å². The molecule has 0 bridgehead atoms. The first-order valence-electron chi connectivity index (χ1n) is 7.37. The van der Waals surface area contributed by atoms with Crippen molar-refractivity contribution in [3.63, 3.8) is 0 Å². The third-order valence-corrected chi connectivity index (χ3v) is 4.06. The summed E-state index contributed by atoms with van der Waals surface area (Å²) in [5.74, 6) is 1.19. The van der Waals surface area contributed by atoms with Crippen molar-refractivity contribution in [2.45, 2.75) is 19.4 Å². The number of aromatic nitrogens is 1. The van der Waals surface area contributed by atoms with E-state index >= 15 is 0 Å². The standard InChI is InChI=1S/C18H23NO4/c1-11(2)15(22-5)10-13-17(23-6)12-8-7-9-14(21-4)16(12)19(3)18(13)20/h7-9,15H,1,10H2,2-6H3/t15-/m0/s1. The molecule has 2 rings (SSSR count). The maximum atomic E-state index is 12.8. The largest absolute Gasteiger partial charge is 0.496 e. The first-order valence-corrected chi connectivity index (χ1v) is 7.37. The Hall–Kier alpha value is -2.27. The lowest BCUT2D eigenvalue weighted by molar-refractivity contribution is 0.131. The van der Waals surface area contributed by atoms with Crippen LogP contribution in [0.25, 0.3) is 10.9 Å². The predicted octanol–water partition coefficient (Wildman–Crippen LogP) is 2.69. The van der Waals surface area contributed by atoms with Crippen LogP contribution in [0.1, 0.15) is 12.5 Å². The van der Waals surface area contributed by atoms with E-state index in [4.69, 9.17) is 14.2 Å². The summed E-state index contributed by atoms with van der Waals surface area (Å²) in [5, 5.41) is 0.834. The molecule has 1 aromatic carbocycles. The highest BCUT2D eigenvalue weighted by molar-refractivity contribution is 5.91. The van der Waals surface area contributed by atoms with Gasteiger partial charge in [0.05, 0.1) is 31.4 Å². The minimum Gasteiger partial charge on any atom is -0.496 e. The van der Waals surface area contributed by atoms with Crippen LogP contribution in [0.15, 0.2) is 35.1 Å². The highest BCUT2D eigenvalue weighted by Gasteiger charge is 2.21. The van der Waals surface area contributed by atoms with Crippen LogP contribution < -0.4 is 15.0 Å². The SMILES string of the molecule is C=C(C)[C@H](Cc1c(OC)c2cccc(OC)c2n(C)c1=O)OC. The molecule has 1 aromatic heterocycles. The van der Waals surface area contributed by atoms with Crippen molar-refractivity contribution < 1.29 is 14.2 Å². The molecule has 1 heterocycles. The summed E-state index contributed by atoms with van der Waals surface area (Å²) >= 11 is 0. The van der Waals surface area contributed by atoms with E-state index in [1.807, 2.05) is 25.1 Å². The molecule has 23 heavy (non-hydrogen) atoms. The van der Waals surface area contributed by atoms with E-state index in [9.17, 15) is 4.79 Å². The summed E-state index contributed by atoms with van der Waals surface area (Å²) in [5.41, 5.74) is 2.03. The first-order chi connectivity index (χ1) is 11.0. The molecule has 5 heteroatoms. The number of hydrogen-bond donors (Lipinski definition) is 0. The van der Waals surface area contributed by atoms with Gasteiger partial charge in [0.2, 0.25) is 0 Å². The molecule has 0 amide bonds. The van der Waals surface area contributed by atoms with Gasteiger partial charge in [-0.2, -0.15) is 0 Å². The Morgan fingerprint density at radius 1 is 1.26 bits per heavy atom. The second-order valence-electron chi connectivity index (χ2n) is 5.51. The summed E-state index contributed by atoms with van der Waals surface area (Å²) in [7, 11) is 6.50. The van der Waals surface area contributed by atoms with Gasteiger partial charge in [-0.05, 0) is 19.1 Å². The molecule has 0 saturated carbocycles. The highest BCUT2D eigenvalue weighted by atomic mass is 16.5. The number of fused-ring (bicyclic) bond motifs is 1. The number of rotatable bonds is 6. The van der Waals surface area contributed by atoms with Gasteiger partial charge in [-0.25, -0.2) is 0 Å². The number of methoxy groups -OCH3 is 3. The average molecular weight is 317 g/mol. The fourth-order valence-corrected chi connectivity index (χ4v) is 2.84. The minimum absolute atomic E-state index is 0.123. The minimum atomic E-state index is -0.236. The van der Waals surface area contributed by atoms with Crippen LogP contribution in [0.2, 0.25) is 0 Å². The predicted molar refractivity (Wildman–Crippen MR) is 91.6 cm³/mol. The highest BCUT2D eigenvalue weighted by Crippen LogP contribution is 2.33. The van der Waals surface area contributed by atoms with Gasteiger partial charge in [-0.15, -0.1) is 0 Å². The fraction of sp³-hybridized carbons (Fsp3) is 0.389. The van der Waals surface area contributed by atoms with Crippen LogP contribution in [-0.2, 0) is 18.2 Å². The third kappa shape index (κ3) is 2.97. The number of benzene rings is 1. The molecule has 124 valence electrons. The van der Waals surface area contributed by atoms with E-state index in [2.05, 4.69) is 6.58 Å². The van der Waals surface area contributed by atoms with E-state index in [1.54, 1.807) is 32.9 Å². The topological polar surface area (TPSA) is 49.7 Å². The molecule has 0 radical (unpaired) electrons. The van der Waals surface area contributed by atoms with Crippen LogP contribution in [0, 0.1) is 0 Å².